The maximum Gasteiger partial charge on any atom is 0.416 e. The van der Waals surface area contributed by atoms with Gasteiger partial charge in [-0.2, -0.15) is 18.3 Å². The number of carbonyl (C=O) groups is 1. The van der Waals surface area contributed by atoms with Gasteiger partial charge < -0.3 is 9.52 Å². The Morgan fingerprint density at radius 2 is 2.08 bits per heavy atom. The van der Waals surface area contributed by atoms with Crippen LogP contribution in [0.2, 0.25) is 0 Å². The second kappa shape index (κ2) is 6.87. The Bertz CT molecular complexity index is 944. The molecule has 2 aromatic heterocycles. The van der Waals surface area contributed by atoms with Crippen LogP contribution in [0, 0.1) is 0 Å². The Kier molecular flexibility index (Phi) is 4.61. The molecule has 26 heavy (non-hydrogen) atoms. The summed E-state index contributed by atoms with van der Waals surface area (Å²) in [5.74, 6) is -0.848. The number of aromatic amines is 1. The Labute approximate surface area is 145 Å². The molecule has 0 aliphatic rings. The van der Waals surface area contributed by atoms with Gasteiger partial charge in [0, 0.05) is 12.5 Å². The molecule has 0 atom stereocenters. The maximum atomic E-state index is 13.0. The number of hydrogen-bond acceptors (Lipinski definition) is 5. The highest BCUT2D eigenvalue weighted by Gasteiger charge is 2.33. The van der Waals surface area contributed by atoms with Crippen LogP contribution in [0.1, 0.15) is 33.1 Å². The van der Waals surface area contributed by atoms with Crippen LogP contribution >= 0.6 is 0 Å². The molecule has 0 fully saturated rings. The quantitative estimate of drug-likeness (QED) is 0.409. The van der Waals surface area contributed by atoms with E-state index in [1.165, 1.54) is 24.3 Å². The summed E-state index contributed by atoms with van der Waals surface area (Å²) in [5.41, 5.74) is -0.544. The van der Waals surface area contributed by atoms with Crippen LogP contribution in [0.4, 0.5) is 13.2 Å². The van der Waals surface area contributed by atoms with Gasteiger partial charge in [0.15, 0.2) is 5.82 Å². The van der Waals surface area contributed by atoms with Crippen LogP contribution in [0.3, 0.4) is 0 Å². The Morgan fingerprint density at radius 1 is 1.31 bits per heavy atom. The number of H-pyrrole nitrogens is 1. The average Bonchev–Trinajstić information content (AvgIpc) is 3.26. The van der Waals surface area contributed by atoms with E-state index in [0.717, 1.165) is 24.7 Å². The first-order valence-corrected chi connectivity index (χ1v) is 7.38. The van der Waals surface area contributed by atoms with E-state index in [4.69, 9.17) is 4.42 Å². The Morgan fingerprint density at radius 3 is 2.77 bits per heavy atom. The first-order chi connectivity index (χ1) is 12.3. The molecule has 0 aliphatic heterocycles. The zero-order valence-electron chi connectivity index (χ0n) is 13.1. The fourth-order valence-electron chi connectivity index (χ4n) is 2.35. The summed E-state index contributed by atoms with van der Waals surface area (Å²) in [4.78, 5) is 15.5. The van der Waals surface area contributed by atoms with Crippen molar-refractivity contribution in [1.29, 1.82) is 0 Å². The molecule has 0 saturated heterocycles. The van der Waals surface area contributed by atoms with E-state index < -0.39 is 23.3 Å². The highest BCUT2D eigenvalue weighted by atomic mass is 19.4. The largest absolute Gasteiger partial charge is 0.507 e. The van der Waals surface area contributed by atoms with Gasteiger partial charge in [-0.1, -0.05) is 18.2 Å². The van der Waals surface area contributed by atoms with Crippen LogP contribution in [0.15, 0.2) is 53.4 Å². The summed E-state index contributed by atoms with van der Waals surface area (Å²) in [5, 5.41) is 15.9. The van der Waals surface area contributed by atoms with E-state index in [9.17, 15) is 23.1 Å². The van der Waals surface area contributed by atoms with Gasteiger partial charge in [-0.15, -0.1) is 0 Å². The SMILES string of the molecule is O=C(C=C(O)c1coc(Cc2ccccc2C(F)(F)F)c1)c1ncn[nH]1. The van der Waals surface area contributed by atoms with Crippen molar-refractivity contribution >= 4 is 11.5 Å². The third-order valence-electron chi connectivity index (χ3n) is 3.55. The first kappa shape index (κ1) is 17.5. The van der Waals surface area contributed by atoms with Crippen molar-refractivity contribution in [1.82, 2.24) is 15.2 Å². The monoisotopic (exact) mass is 363 g/mol. The second-order valence-electron chi connectivity index (χ2n) is 5.36. The molecule has 0 unspecified atom stereocenters. The van der Waals surface area contributed by atoms with Gasteiger partial charge in [-0.05, 0) is 17.7 Å². The lowest BCUT2D eigenvalue weighted by Crippen LogP contribution is -2.09. The van der Waals surface area contributed by atoms with E-state index >= 15 is 0 Å². The highest BCUT2D eigenvalue weighted by Crippen LogP contribution is 2.33. The number of hydrogen-bond donors (Lipinski definition) is 2. The zero-order chi connectivity index (χ0) is 18.7. The lowest BCUT2D eigenvalue weighted by Gasteiger charge is -2.11. The van der Waals surface area contributed by atoms with Crippen LogP contribution in [0.5, 0.6) is 0 Å². The number of rotatable bonds is 5. The smallest absolute Gasteiger partial charge is 0.416 e. The average molecular weight is 363 g/mol. The van der Waals surface area contributed by atoms with Crippen molar-refractivity contribution in [3.63, 3.8) is 0 Å². The number of furan rings is 1. The van der Waals surface area contributed by atoms with Gasteiger partial charge in [0.05, 0.1) is 11.1 Å². The Balaban J connectivity index is 1.80. The fourth-order valence-corrected chi connectivity index (χ4v) is 2.35. The third-order valence-corrected chi connectivity index (χ3v) is 3.55. The van der Waals surface area contributed by atoms with Gasteiger partial charge in [-0.25, -0.2) is 4.98 Å². The van der Waals surface area contributed by atoms with E-state index in [1.807, 2.05) is 0 Å². The molecule has 3 aromatic rings. The fraction of sp³-hybridized carbons (Fsp3) is 0.118. The van der Waals surface area contributed by atoms with Gasteiger partial charge in [0.1, 0.15) is 24.1 Å². The molecule has 2 N–H and O–H groups in total. The second-order valence-corrected chi connectivity index (χ2v) is 5.36. The summed E-state index contributed by atoms with van der Waals surface area (Å²) in [6, 6.07) is 6.53. The van der Waals surface area contributed by atoms with E-state index in [0.29, 0.717) is 0 Å². The van der Waals surface area contributed by atoms with Crippen molar-refractivity contribution in [3.05, 3.63) is 77.3 Å². The third kappa shape index (κ3) is 3.82. The molecule has 0 radical (unpaired) electrons. The van der Waals surface area contributed by atoms with Crippen molar-refractivity contribution in [2.75, 3.05) is 0 Å². The topological polar surface area (TPSA) is 92.0 Å². The number of benzene rings is 1. The van der Waals surface area contributed by atoms with Gasteiger partial charge in [-0.3, -0.25) is 9.89 Å². The Hall–Kier alpha value is -3.36. The summed E-state index contributed by atoms with van der Waals surface area (Å²) in [7, 11) is 0. The van der Waals surface area contributed by atoms with Crippen molar-refractivity contribution < 1.29 is 27.5 Å². The number of halogens is 3. The maximum absolute atomic E-state index is 13.0. The van der Waals surface area contributed by atoms with Gasteiger partial charge >= 0.3 is 6.18 Å². The number of alkyl halides is 3. The standard InChI is InChI=1S/C17H12F3N3O3/c18-17(19,20)13-4-2-1-3-10(13)5-12-6-11(8-26-12)14(24)7-15(25)16-21-9-22-23-16/h1-4,6-9,24H,5H2,(H,21,22,23). The molecule has 1 aromatic carbocycles. The van der Waals surface area contributed by atoms with Crippen LogP contribution < -0.4 is 0 Å². The van der Waals surface area contributed by atoms with Crippen molar-refractivity contribution in [2.24, 2.45) is 0 Å². The van der Waals surface area contributed by atoms with Crippen molar-refractivity contribution in [2.45, 2.75) is 12.6 Å². The zero-order valence-corrected chi connectivity index (χ0v) is 13.1. The minimum Gasteiger partial charge on any atom is -0.507 e. The van der Waals surface area contributed by atoms with E-state index in [2.05, 4.69) is 15.2 Å². The first-order valence-electron chi connectivity index (χ1n) is 7.38. The molecule has 0 bridgehead atoms. The number of nitrogens with zero attached hydrogens (tertiary/aromatic N) is 2. The van der Waals surface area contributed by atoms with Crippen molar-refractivity contribution in [3.8, 4) is 0 Å². The summed E-state index contributed by atoms with van der Waals surface area (Å²) >= 11 is 0. The molecule has 134 valence electrons. The molecular formula is C17H12F3N3O3. The molecule has 0 spiro atoms. The summed E-state index contributed by atoms with van der Waals surface area (Å²) < 4.78 is 44.3. The van der Waals surface area contributed by atoms with Crippen LogP contribution in [0.25, 0.3) is 5.76 Å². The van der Waals surface area contributed by atoms with E-state index in [-0.39, 0.29) is 29.1 Å². The lowest BCUT2D eigenvalue weighted by molar-refractivity contribution is -0.138. The number of ketones is 1. The predicted molar refractivity (Wildman–Crippen MR) is 84.3 cm³/mol. The van der Waals surface area contributed by atoms with Gasteiger partial charge in [0.2, 0.25) is 5.78 Å². The normalized spacial score (nSPS) is 12.3. The molecule has 2 heterocycles. The highest BCUT2D eigenvalue weighted by molar-refractivity contribution is 6.05. The van der Waals surface area contributed by atoms with Gasteiger partial charge in [0.25, 0.3) is 0 Å². The number of allylic oxidation sites excluding steroid dienone is 1. The summed E-state index contributed by atoms with van der Waals surface area (Å²) in [6.07, 6.45) is -1.37. The molecule has 0 saturated carbocycles. The lowest BCUT2D eigenvalue weighted by atomic mass is 10.0. The van der Waals surface area contributed by atoms with Crippen LogP contribution in [-0.4, -0.2) is 26.1 Å². The predicted octanol–water partition coefficient (Wildman–Crippen LogP) is 3.79. The molecular weight excluding hydrogens is 351 g/mol. The minimum atomic E-state index is -4.47. The summed E-state index contributed by atoms with van der Waals surface area (Å²) in [6.45, 7) is 0. The minimum absolute atomic E-state index is 0.0436. The number of aliphatic hydroxyl groups excluding tert-OH is 1. The molecule has 3 rings (SSSR count). The number of aliphatic hydroxyl groups is 1. The molecule has 0 aliphatic carbocycles. The van der Waals surface area contributed by atoms with Crippen LogP contribution in [-0.2, 0) is 12.6 Å². The van der Waals surface area contributed by atoms with E-state index in [1.54, 1.807) is 0 Å². The number of carbonyl (C=O) groups excluding carboxylic acids is 1. The molecule has 9 heteroatoms. The molecule has 6 nitrogen and oxygen atoms in total. The number of aromatic nitrogens is 3. The number of nitrogens with one attached hydrogen (secondary N) is 1. The molecule has 0 amide bonds.